The van der Waals surface area contributed by atoms with Gasteiger partial charge in [0.05, 0.1) is 12.2 Å². The summed E-state index contributed by atoms with van der Waals surface area (Å²) < 4.78 is 2.00. The minimum absolute atomic E-state index is 0. The molecule has 0 fully saturated rings. The van der Waals surface area contributed by atoms with Gasteiger partial charge in [-0.1, -0.05) is 15.9 Å². The van der Waals surface area contributed by atoms with Crippen molar-refractivity contribution in [1.29, 1.82) is 0 Å². The zero-order valence-electron chi connectivity index (χ0n) is 6.67. The van der Waals surface area contributed by atoms with Gasteiger partial charge in [-0.2, -0.15) is 5.10 Å². The summed E-state index contributed by atoms with van der Waals surface area (Å²) in [7, 11) is 0. The van der Waals surface area contributed by atoms with Crippen LogP contribution in [0.2, 0.25) is 0 Å². The summed E-state index contributed by atoms with van der Waals surface area (Å²) in [4.78, 5) is 0. The molecule has 0 bridgehead atoms. The zero-order valence-corrected chi connectivity index (χ0v) is 9.97. The number of aryl methyl sites for hydroxylation is 3. The smallest absolute Gasteiger partial charge is 0.0596 e. The first-order valence-electron chi connectivity index (χ1n) is 3.31. The van der Waals surface area contributed by atoms with E-state index in [1.54, 1.807) is 0 Å². The zero-order chi connectivity index (χ0) is 7.56. The van der Waals surface area contributed by atoms with Crippen LogP contribution < -0.4 is 0 Å². The number of nitrogens with zero attached hydrogens (tertiary/aromatic N) is 2. The van der Waals surface area contributed by atoms with Gasteiger partial charge in [0.1, 0.15) is 0 Å². The van der Waals surface area contributed by atoms with E-state index in [9.17, 15) is 0 Å². The van der Waals surface area contributed by atoms with Gasteiger partial charge < -0.3 is 0 Å². The molecule has 0 saturated heterocycles. The van der Waals surface area contributed by atoms with Crippen molar-refractivity contribution in [3.63, 3.8) is 0 Å². The fourth-order valence-electron chi connectivity index (χ4n) is 0.981. The van der Waals surface area contributed by atoms with Gasteiger partial charge in [-0.15, -0.1) is 17.0 Å². The molecule has 0 unspecified atom stereocenters. The predicted octanol–water partition coefficient (Wildman–Crippen LogP) is 2.47. The average molecular weight is 284 g/mol. The van der Waals surface area contributed by atoms with Gasteiger partial charge in [0, 0.05) is 11.0 Å². The van der Waals surface area contributed by atoms with E-state index in [1.807, 2.05) is 11.6 Å². The van der Waals surface area contributed by atoms with E-state index in [2.05, 4.69) is 34.0 Å². The maximum Gasteiger partial charge on any atom is 0.0596 e. The van der Waals surface area contributed by atoms with E-state index < -0.39 is 0 Å². The topological polar surface area (TPSA) is 17.8 Å². The summed E-state index contributed by atoms with van der Waals surface area (Å²) in [6, 6.07) is 2.09. The third-order valence-electron chi connectivity index (χ3n) is 1.40. The van der Waals surface area contributed by atoms with Crippen LogP contribution in [0, 0.1) is 13.8 Å². The molecule has 1 aromatic heterocycles. The lowest BCUT2D eigenvalue weighted by Gasteiger charge is -1.98. The Bertz CT molecular complexity index is 220. The molecule has 1 heterocycles. The Morgan fingerprint density at radius 3 is 2.55 bits per heavy atom. The molecule has 0 saturated carbocycles. The maximum absolute atomic E-state index is 4.29. The van der Waals surface area contributed by atoms with Gasteiger partial charge in [-0.3, -0.25) is 4.68 Å². The van der Waals surface area contributed by atoms with Crippen molar-refractivity contribution >= 4 is 32.9 Å². The molecule has 0 aliphatic carbocycles. The Morgan fingerprint density at radius 2 is 2.18 bits per heavy atom. The highest BCUT2D eigenvalue weighted by molar-refractivity contribution is 9.09. The summed E-state index contributed by atoms with van der Waals surface area (Å²) in [5, 5.41) is 5.25. The highest BCUT2D eigenvalue weighted by Crippen LogP contribution is 2.01. The van der Waals surface area contributed by atoms with Gasteiger partial charge in [0.2, 0.25) is 0 Å². The molecule has 0 aromatic carbocycles. The van der Waals surface area contributed by atoms with E-state index in [1.165, 1.54) is 5.69 Å². The molecule has 0 spiro atoms. The fourth-order valence-corrected chi connectivity index (χ4v) is 1.32. The quantitative estimate of drug-likeness (QED) is 0.763. The second-order valence-electron chi connectivity index (χ2n) is 2.34. The summed E-state index contributed by atoms with van der Waals surface area (Å²) in [6.45, 7) is 5.04. The number of alkyl halides is 1. The molecule has 0 atom stereocenters. The Hall–Kier alpha value is 0.170. The third-order valence-corrected chi connectivity index (χ3v) is 1.75. The highest BCUT2D eigenvalue weighted by Gasteiger charge is 1.97. The molecule has 4 heteroatoms. The Morgan fingerprint density at radius 1 is 1.55 bits per heavy atom. The van der Waals surface area contributed by atoms with E-state index in [4.69, 9.17) is 0 Å². The van der Waals surface area contributed by atoms with Crippen molar-refractivity contribution in [2.45, 2.75) is 20.4 Å². The number of hydrogen-bond acceptors (Lipinski definition) is 1. The Labute approximate surface area is 85.9 Å². The molecule has 1 aromatic rings. The number of halogens is 2. The van der Waals surface area contributed by atoms with Crippen LogP contribution >= 0.6 is 32.9 Å². The summed E-state index contributed by atoms with van der Waals surface area (Å²) >= 11 is 3.37. The second-order valence-corrected chi connectivity index (χ2v) is 3.13. The van der Waals surface area contributed by atoms with Crippen LogP contribution in [0.4, 0.5) is 0 Å². The summed E-state index contributed by atoms with van der Waals surface area (Å²) in [5.41, 5.74) is 2.33. The molecule has 0 N–H and O–H groups in total. The van der Waals surface area contributed by atoms with Crippen LogP contribution in [0.1, 0.15) is 11.4 Å². The first-order chi connectivity index (χ1) is 4.74. The van der Waals surface area contributed by atoms with Crippen LogP contribution in [-0.2, 0) is 6.54 Å². The fraction of sp³-hybridized carbons (Fsp3) is 0.571. The predicted molar refractivity (Wildman–Crippen MR) is 55.8 cm³/mol. The van der Waals surface area contributed by atoms with E-state index in [-0.39, 0.29) is 17.0 Å². The normalized spacial score (nSPS) is 9.36. The largest absolute Gasteiger partial charge is 0.269 e. The molecule has 64 valence electrons. The first-order valence-corrected chi connectivity index (χ1v) is 4.43. The van der Waals surface area contributed by atoms with Crippen LogP contribution in [-0.4, -0.2) is 15.1 Å². The number of rotatable bonds is 2. The van der Waals surface area contributed by atoms with Gasteiger partial charge in [0.25, 0.3) is 0 Å². The second kappa shape index (κ2) is 4.93. The standard InChI is InChI=1S/C7H11BrN2.BrH/c1-6-5-7(2)10(9-6)4-3-8;/h5H,3-4H2,1-2H3;1H. The van der Waals surface area contributed by atoms with Crippen molar-refractivity contribution in [2.75, 3.05) is 5.33 Å². The van der Waals surface area contributed by atoms with Crippen molar-refractivity contribution in [2.24, 2.45) is 0 Å². The van der Waals surface area contributed by atoms with E-state index in [0.29, 0.717) is 0 Å². The molecule has 0 amide bonds. The highest BCUT2D eigenvalue weighted by atomic mass is 79.9. The Balaban J connectivity index is 0.000001000. The van der Waals surface area contributed by atoms with Crippen molar-refractivity contribution in [1.82, 2.24) is 9.78 Å². The molecule has 0 aliphatic rings. The van der Waals surface area contributed by atoms with Gasteiger partial charge in [0.15, 0.2) is 0 Å². The number of aromatic nitrogens is 2. The van der Waals surface area contributed by atoms with Crippen molar-refractivity contribution in [3.05, 3.63) is 17.5 Å². The van der Waals surface area contributed by atoms with Crippen LogP contribution in [0.15, 0.2) is 6.07 Å². The molecule has 11 heavy (non-hydrogen) atoms. The monoisotopic (exact) mass is 282 g/mol. The van der Waals surface area contributed by atoms with Gasteiger partial charge >= 0.3 is 0 Å². The molecule has 0 aliphatic heterocycles. The molecular formula is C7H12Br2N2. The third kappa shape index (κ3) is 2.95. The first kappa shape index (κ1) is 11.2. The van der Waals surface area contributed by atoms with E-state index in [0.717, 1.165) is 17.6 Å². The van der Waals surface area contributed by atoms with E-state index >= 15 is 0 Å². The average Bonchev–Trinajstić information content (AvgIpc) is 2.13. The van der Waals surface area contributed by atoms with Gasteiger partial charge in [-0.05, 0) is 19.9 Å². The minimum atomic E-state index is 0. The van der Waals surface area contributed by atoms with Crippen molar-refractivity contribution in [3.8, 4) is 0 Å². The molecule has 1 rings (SSSR count). The van der Waals surface area contributed by atoms with Crippen molar-refractivity contribution < 1.29 is 0 Å². The van der Waals surface area contributed by atoms with Crippen LogP contribution in [0.5, 0.6) is 0 Å². The lowest BCUT2D eigenvalue weighted by Crippen LogP contribution is -2.02. The van der Waals surface area contributed by atoms with Crippen LogP contribution in [0.3, 0.4) is 0 Å². The lowest BCUT2D eigenvalue weighted by atomic mass is 10.4. The maximum atomic E-state index is 4.29. The molecule has 0 radical (unpaired) electrons. The minimum Gasteiger partial charge on any atom is -0.269 e. The molecular weight excluding hydrogens is 272 g/mol. The van der Waals surface area contributed by atoms with Crippen LogP contribution in [0.25, 0.3) is 0 Å². The summed E-state index contributed by atoms with van der Waals surface area (Å²) in [6.07, 6.45) is 0. The number of hydrogen-bond donors (Lipinski definition) is 0. The SMILES string of the molecule is Br.Cc1cc(C)n(CCBr)n1. The van der Waals surface area contributed by atoms with Gasteiger partial charge in [-0.25, -0.2) is 0 Å². The molecule has 2 nitrogen and oxygen atoms in total. The summed E-state index contributed by atoms with van der Waals surface area (Å²) in [5.74, 6) is 0. The lowest BCUT2D eigenvalue weighted by molar-refractivity contribution is 0.643. The Kier molecular flexibility index (Phi) is 5.01.